The molecular weight excluding hydrogens is 472 g/mol. The van der Waals surface area contributed by atoms with Crippen molar-refractivity contribution in [1.29, 1.82) is 0 Å². The van der Waals surface area contributed by atoms with Gasteiger partial charge in [0.1, 0.15) is 10.8 Å². The maximum absolute atomic E-state index is 11.9. The summed E-state index contributed by atoms with van der Waals surface area (Å²) in [7, 11) is 0. The quantitative estimate of drug-likeness (QED) is 0.188. The summed E-state index contributed by atoms with van der Waals surface area (Å²) in [6.07, 6.45) is 2.41. The third kappa shape index (κ3) is 7.03. The normalized spacial score (nSPS) is 13.8. The number of rotatable bonds is 10. The predicted octanol–water partition coefficient (Wildman–Crippen LogP) is 3.84. The molecule has 2 heterocycles. The van der Waals surface area contributed by atoms with Crippen LogP contribution in [0, 0.1) is 0 Å². The molecule has 0 unspecified atom stereocenters. The average molecular weight is 499 g/mol. The Morgan fingerprint density at radius 1 is 1.11 bits per heavy atom. The second-order valence-corrected chi connectivity index (χ2v) is 8.21. The minimum atomic E-state index is -0.653. The van der Waals surface area contributed by atoms with E-state index in [0.29, 0.717) is 24.1 Å². The first kappa shape index (κ1) is 24.7. The van der Waals surface area contributed by atoms with Crippen LogP contribution in [0.25, 0.3) is 0 Å². The summed E-state index contributed by atoms with van der Waals surface area (Å²) in [5, 5.41) is 15.4. The molecule has 1 aromatic heterocycles. The van der Waals surface area contributed by atoms with E-state index < -0.39 is 5.91 Å². The number of benzene rings is 2. The zero-order valence-electron chi connectivity index (χ0n) is 19.0. The fraction of sp³-hybridized carbons (Fsp3) is 0.292. The standard InChI is InChI=1S/C24H27ClN6O4/c25-20-16-26-24(29-22(20)28-21-5-2-1-4-19(21)23(32)30-33)27-17-6-8-18(9-7-17)35-13-3-10-31-11-14-34-15-12-31/h1-2,4-9,16,33H,3,10-15H2,(H,30,32)(H2,26,27,28,29). The molecule has 4 rings (SSSR count). The highest BCUT2D eigenvalue weighted by Crippen LogP contribution is 2.27. The van der Waals surface area contributed by atoms with E-state index in [1.165, 1.54) is 6.20 Å². The number of nitrogens with one attached hydrogen (secondary N) is 3. The molecule has 0 radical (unpaired) electrons. The zero-order valence-corrected chi connectivity index (χ0v) is 19.8. The zero-order chi connectivity index (χ0) is 24.5. The molecule has 184 valence electrons. The molecule has 1 aliphatic heterocycles. The molecule has 0 atom stereocenters. The Bertz CT molecular complexity index is 1130. The molecule has 1 amide bonds. The Morgan fingerprint density at radius 3 is 2.66 bits per heavy atom. The van der Waals surface area contributed by atoms with Crippen LogP contribution in [0.15, 0.2) is 54.7 Å². The van der Waals surface area contributed by atoms with Crippen molar-refractivity contribution in [3.05, 3.63) is 65.3 Å². The second-order valence-electron chi connectivity index (χ2n) is 7.81. The summed E-state index contributed by atoms with van der Waals surface area (Å²) in [4.78, 5) is 22.9. The Labute approximate surface area is 208 Å². The average Bonchev–Trinajstić information content (AvgIpc) is 2.90. The fourth-order valence-corrected chi connectivity index (χ4v) is 3.70. The lowest BCUT2D eigenvalue weighted by Gasteiger charge is -2.26. The molecule has 4 N–H and O–H groups in total. The number of hydrogen-bond acceptors (Lipinski definition) is 9. The van der Waals surface area contributed by atoms with Gasteiger partial charge in [0.25, 0.3) is 5.91 Å². The lowest BCUT2D eigenvalue weighted by molar-refractivity contribution is 0.0358. The molecule has 1 fully saturated rings. The van der Waals surface area contributed by atoms with Gasteiger partial charge < -0.3 is 20.1 Å². The van der Waals surface area contributed by atoms with Gasteiger partial charge in [-0.25, -0.2) is 10.5 Å². The number of halogens is 1. The van der Waals surface area contributed by atoms with Gasteiger partial charge in [0.05, 0.1) is 37.3 Å². The van der Waals surface area contributed by atoms with Gasteiger partial charge >= 0.3 is 0 Å². The first-order chi connectivity index (χ1) is 17.1. The van der Waals surface area contributed by atoms with E-state index in [1.807, 2.05) is 24.3 Å². The largest absolute Gasteiger partial charge is 0.494 e. The van der Waals surface area contributed by atoms with E-state index in [1.54, 1.807) is 29.7 Å². The molecule has 0 saturated carbocycles. The molecule has 0 aliphatic carbocycles. The van der Waals surface area contributed by atoms with Gasteiger partial charge in [-0.15, -0.1) is 0 Å². The van der Waals surface area contributed by atoms with Crippen LogP contribution in [0.4, 0.5) is 23.1 Å². The molecule has 1 saturated heterocycles. The molecule has 0 bridgehead atoms. The monoisotopic (exact) mass is 498 g/mol. The summed E-state index contributed by atoms with van der Waals surface area (Å²) in [6, 6.07) is 14.2. The number of para-hydroxylation sites is 1. The Hall–Kier alpha value is -3.44. The fourth-order valence-electron chi connectivity index (χ4n) is 3.56. The van der Waals surface area contributed by atoms with E-state index in [0.717, 1.165) is 50.7 Å². The number of ether oxygens (including phenoxy) is 2. The number of anilines is 4. The third-order valence-electron chi connectivity index (χ3n) is 5.37. The van der Waals surface area contributed by atoms with Gasteiger partial charge in [-0.1, -0.05) is 23.7 Å². The molecule has 2 aromatic carbocycles. The molecule has 0 spiro atoms. The van der Waals surface area contributed by atoms with Crippen molar-refractivity contribution < 1.29 is 19.5 Å². The number of nitrogens with zero attached hydrogens (tertiary/aromatic N) is 3. The van der Waals surface area contributed by atoms with Crippen LogP contribution in [0.5, 0.6) is 5.75 Å². The van der Waals surface area contributed by atoms with Crippen molar-refractivity contribution in [2.24, 2.45) is 0 Å². The third-order valence-corrected chi connectivity index (χ3v) is 5.65. The minimum Gasteiger partial charge on any atom is -0.494 e. The van der Waals surface area contributed by atoms with Gasteiger partial charge in [-0.2, -0.15) is 4.98 Å². The van der Waals surface area contributed by atoms with Gasteiger partial charge in [0, 0.05) is 25.3 Å². The van der Waals surface area contributed by atoms with Crippen LogP contribution in [0.3, 0.4) is 0 Å². The Balaban J connectivity index is 1.33. The van der Waals surface area contributed by atoms with Gasteiger partial charge in [0.15, 0.2) is 5.82 Å². The van der Waals surface area contributed by atoms with Crippen molar-refractivity contribution >= 4 is 40.6 Å². The van der Waals surface area contributed by atoms with E-state index in [2.05, 4.69) is 25.5 Å². The number of carbonyl (C=O) groups is 1. The van der Waals surface area contributed by atoms with Gasteiger partial charge in [-0.05, 0) is 42.8 Å². The minimum absolute atomic E-state index is 0.236. The number of amides is 1. The summed E-state index contributed by atoms with van der Waals surface area (Å²) >= 11 is 6.25. The first-order valence-electron chi connectivity index (χ1n) is 11.3. The topological polar surface area (TPSA) is 121 Å². The van der Waals surface area contributed by atoms with E-state index >= 15 is 0 Å². The summed E-state index contributed by atoms with van der Waals surface area (Å²) in [6.45, 7) is 5.22. The van der Waals surface area contributed by atoms with Gasteiger partial charge in [0.2, 0.25) is 5.95 Å². The van der Waals surface area contributed by atoms with Crippen LogP contribution in [-0.4, -0.2) is 65.4 Å². The number of hydrogen-bond donors (Lipinski definition) is 4. The Morgan fingerprint density at radius 2 is 1.89 bits per heavy atom. The lowest BCUT2D eigenvalue weighted by atomic mass is 10.1. The second kappa shape index (κ2) is 12.3. The van der Waals surface area contributed by atoms with E-state index in [-0.39, 0.29) is 10.6 Å². The van der Waals surface area contributed by atoms with Crippen LogP contribution in [0.2, 0.25) is 5.02 Å². The van der Waals surface area contributed by atoms with Crippen LogP contribution in [0.1, 0.15) is 16.8 Å². The van der Waals surface area contributed by atoms with E-state index in [9.17, 15) is 4.79 Å². The van der Waals surface area contributed by atoms with Gasteiger partial charge in [-0.3, -0.25) is 14.9 Å². The number of aromatic nitrogens is 2. The molecule has 35 heavy (non-hydrogen) atoms. The maximum Gasteiger partial charge on any atom is 0.276 e. The van der Waals surface area contributed by atoms with Crippen molar-refractivity contribution in [3.63, 3.8) is 0 Å². The first-order valence-corrected chi connectivity index (χ1v) is 11.6. The number of carbonyl (C=O) groups excluding carboxylic acids is 1. The molecular formula is C24H27ClN6O4. The van der Waals surface area contributed by atoms with E-state index in [4.69, 9.17) is 26.3 Å². The van der Waals surface area contributed by atoms with Crippen molar-refractivity contribution in [2.75, 3.05) is 50.1 Å². The molecule has 11 heteroatoms. The number of morpholine rings is 1. The summed E-state index contributed by atoms with van der Waals surface area (Å²) in [5.41, 5.74) is 3.07. The predicted molar refractivity (Wildman–Crippen MR) is 133 cm³/mol. The highest BCUT2D eigenvalue weighted by molar-refractivity contribution is 6.33. The van der Waals surface area contributed by atoms with Crippen LogP contribution < -0.4 is 20.9 Å². The molecule has 10 nitrogen and oxygen atoms in total. The smallest absolute Gasteiger partial charge is 0.276 e. The Kier molecular flexibility index (Phi) is 8.68. The van der Waals surface area contributed by atoms with Crippen molar-refractivity contribution in [2.45, 2.75) is 6.42 Å². The van der Waals surface area contributed by atoms with Crippen molar-refractivity contribution in [3.8, 4) is 5.75 Å². The van der Waals surface area contributed by atoms with Crippen LogP contribution >= 0.6 is 11.6 Å². The highest BCUT2D eigenvalue weighted by Gasteiger charge is 2.13. The SMILES string of the molecule is O=C(NO)c1ccccc1Nc1nc(Nc2ccc(OCCCN3CCOCC3)cc2)ncc1Cl. The summed E-state index contributed by atoms with van der Waals surface area (Å²) in [5.74, 6) is 0.762. The lowest BCUT2D eigenvalue weighted by Crippen LogP contribution is -2.37. The molecule has 1 aliphatic rings. The van der Waals surface area contributed by atoms with Crippen LogP contribution in [-0.2, 0) is 4.74 Å². The summed E-state index contributed by atoms with van der Waals surface area (Å²) < 4.78 is 11.2. The number of hydroxylamine groups is 1. The molecule has 3 aromatic rings. The maximum atomic E-state index is 11.9. The highest BCUT2D eigenvalue weighted by atomic mass is 35.5. The van der Waals surface area contributed by atoms with Crippen molar-refractivity contribution in [1.82, 2.24) is 20.3 Å².